The summed E-state index contributed by atoms with van der Waals surface area (Å²) < 4.78 is 23.9. The third-order valence-electron chi connectivity index (χ3n) is 3.70. The molecule has 25 heavy (non-hydrogen) atoms. The molecule has 1 amide bonds. The molecular formula is C19H18FNO4. The number of para-hydroxylation sites is 1. The molecule has 6 heteroatoms. The lowest BCUT2D eigenvalue weighted by Gasteiger charge is -2.18. The Hall–Kier alpha value is -2.89. The summed E-state index contributed by atoms with van der Waals surface area (Å²) in [6, 6.07) is 14.7. The monoisotopic (exact) mass is 343 g/mol. The molecule has 0 spiro atoms. The van der Waals surface area contributed by atoms with Crippen LogP contribution in [0.15, 0.2) is 54.6 Å². The largest absolute Gasteiger partial charge is 0.479 e. The van der Waals surface area contributed by atoms with Gasteiger partial charge in [0.1, 0.15) is 0 Å². The minimum Gasteiger partial charge on any atom is -0.479 e. The number of hydrogen-bond donors (Lipinski definition) is 1. The van der Waals surface area contributed by atoms with Crippen LogP contribution in [0.3, 0.4) is 0 Å². The normalized spacial score (nSPS) is 14.4. The SMILES string of the molecule is O=C(COc1ccccc1F)O[C@@H](C(=O)NC1CC1)c1ccccc1. The Morgan fingerprint density at radius 2 is 1.76 bits per heavy atom. The lowest BCUT2D eigenvalue weighted by Crippen LogP contribution is -2.34. The van der Waals surface area contributed by atoms with Crippen LogP contribution in [0.25, 0.3) is 0 Å². The number of esters is 1. The maximum Gasteiger partial charge on any atom is 0.345 e. The molecule has 3 rings (SSSR count). The molecule has 0 aliphatic heterocycles. The number of carbonyl (C=O) groups excluding carboxylic acids is 2. The van der Waals surface area contributed by atoms with Crippen LogP contribution < -0.4 is 10.1 Å². The van der Waals surface area contributed by atoms with Gasteiger partial charge in [0, 0.05) is 11.6 Å². The first-order valence-electron chi connectivity index (χ1n) is 8.05. The van der Waals surface area contributed by atoms with Crippen molar-refractivity contribution in [2.75, 3.05) is 6.61 Å². The highest BCUT2D eigenvalue weighted by Crippen LogP contribution is 2.23. The van der Waals surface area contributed by atoms with Crippen LogP contribution in [0.5, 0.6) is 5.75 Å². The minimum atomic E-state index is -1.06. The van der Waals surface area contributed by atoms with E-state index in [9.17, 15) is 14.0 Å². The quantitative estimate of drug-likeness (QED) is 0.785. The van der Waals surface area contributed by atoms with Crippen molar-refractivity contribution in [2.24, 2.45) is 0 Å². The molecule has 1 fully saturated rings. The molecular weight excluding hydrogens is 325 g/mol. The summed E-state index contributed by atoms with van der Waals surface area (Å²) in [7, 11) is 0. The van der Waals surface area contributed by atoms with E-state index >= 15 is 0 Å². The maximum absolute atomic E-state index is 13.5. The molecule has 130 valence electrons. The van der Waals surface area contributed by atoms with Crippen molar-refractivity contribution in [3.63, 3.8) is 0 Å². The molecule has 2 aromatic rings. The molecule has 1 saturated carbocycles. The zero-order chi connectivity index (χ0) is 17.6. The Bertz CT molecular complexity index is 746. The zero-order valence-electron chi connectivity index (χ0n) is 13.5. The summed E-state index contributed by atoms with van der Waals surface area (Å²) in [6.45, 7) is -0.485. The number of rotatable bonds is 7. The summed E-state index contributed by atoms with van der Waals surface area (Å²) >= 11 is 0. The number of halogens is 1. The Labute approximate surface area is 144 Å². The Morgan fingerprint density at radius 1 is 1.08 bits per heavy atom. The van der Waals surface area contributed by atoms with E-state index in [0.717, 1.165) is 12.8 Å². The van der Waals surface area contributed by atoms with E-state index in [1.165, 1.54) is 18.2 Å². The number of benzene rings is 2. The van der Waals surface area contributed by atoms with Crippen molar-refractivity contribution in [2.45, 2.75) is 25.0 Å². The highest BCUT2D eigenvalue weighted by Gasteiger charge is 2.30. The summed E-state index contributed by atoms with van der Waals surface area (Å²) in [5.74, 6) is -1.73. The summed E-state index contributed by atoms with van der Waals surface area (Å²) in [4.78, 5) is 24.4. The van der Waals surface area contributed by atoms with Gasteiger partial charge in [0.2, 0.25) is 6.10 Å². The van der Waals surface area contributed by atoms with E-state index in [4.69, 9.17) is 9.47 Å². The van der Waals surface area contributed by atoms with Crippen molar-refractivity contribution in [1.82, 2.24) is 5.32 Å². The zero-order valence-corrected chi connectivity index (χ0v) is 13.5. The molecule has 1 atom stereocenters. The van der Waals surface area contributed by atoms with Crippen molar-refractivity contribution >= 4 is 11.9 Å². The number of carbonyl (C=O) groups is 2. The second-order valence-corrected chi connectivity index (χ2v) is 5.78. The third-order valence-corrected chi connectivity index (χ3v) is 3.70. The third kappa shape index (κ3) is 4.79. The first-order chi connectivity index (χ1) is 12.1. The predicted octanol–water partition coefficient (Wildman–Crippen LogP) is 2.77. The first-order valence-corrected chi connectivity index (χ1v) is 8.05. The number of ether oxygens (including phenoxy) is 2. The van der Waals surface area contributed by atoms with E-state index in [0.29, 0.717) is 5.56 Å². The van der Waals surface area contributed by atoms with Gasteiger partial charge in [-0.2, -0.15) is 0 Å². The molecule has 0 bridgehead atoms. The Balaban J connectivity index is 1.63. The molecule has 2 aromatic carbocycles. The summed E-state index contributed by atoms with van der Waals surface area (Å²) in [6.07, 6.45) is 0.799. The topological polar surface area (TPSA) is 64.6 Å². The summed E-state index contributed by atoms with van der Waals surface area (Å²) in [5.41, 5.74) is 0.569. The smallest absolute Gasteiger partial charge is 0.345 e. The highest BCUT2D eigenvalue weighted by atomic mass is 19.1. The standard InChI is InChI=1S/C19H18FNO4/c20-15-8-4-5-9-16(15)24-12-17(22)25-18(13-6-2-1-3-7-13)19(23)21-14-10-11-14/h1-9,14,18H,10-12H2,(H,21,23)/t18-/m1/s1. The van der Waals surface area contributed by atoms with Crippen LogP contribution in [0.2, 0.25) is 0 Å². The van der Waals surface area contributed by atoms with Gasteiger partial charge in [0.15, 0.2) is 18.2 Å². The van der Waals surface area contributed by atoms with Gasteiger partial charge in [-0.1, -0.05) is 42.5 Å². The van der Waals surface area contributed by atoms with Crippen LogP contribution in [-0.2, 0) is 14.3 Å². The molecule has 0 aromatic heterocycles. The average Bonchev–Trinajstić information content (AvgIpc) is 3.43. The molecule has 5 nitrogen and oxygen atoms in total. The van der Waals surface area contributed by atoms with E-state index in [2.05, 4.69) is 5.32 Å². The van der Waals surface area contributed by atoms with Crippen molar-refractivity contribution in [3.05, 3.63) is 66.0 Å². The van der Waals surface area contributed by atoms with E-state index < -0.39 is 24.5 Å². The van der Waals surface area contributed by atoms with Gasteiger partial charge in [0.05, 0.1) is 0 Å². The van der Waals surface area contributed by atoms with Gasteiger partial charge in [-0.25, -0.2) is 9.18 Å². The van der Waals surface area contributed by atoms with Crippen molar-refractivity contribution < 1.29 is 23.5 Å². The van der Waals surface area contributed by atoms with Gasteiger partial charge >= 0.3 is 5.97 Å². The maximum atomic E-state index is 13.5. The van der Waals surface area contributed by atoms with Crippen LogP contribution in [0, 0.1) is 5.82 Å². The van der Waals surface area contributed by atoms with Crippen LogP contribution in [0.4, 0.5) is 4.39 Å². The van der Waals surface area contributed by atoms with Gasteiger partial charge in [-0.05, 0) is 25.0 Å². The number of hydrogen-bond acceptors (Lipinski definition) is 4. The van der Waals surface area contributed by atoms with E-state index in [-0.39, 0.29) is 17.7 Å². The second-order valence-electron chi connectivity index (χ2n) is 5.78. The highest BCUT2D eigenvalue weighted by molar-refractivity contribution is 5.85. The van der Waals surface area contributed by atoms with Crippen LogP contribution in [0.1, 0.15) is 24.5 Å². The minimum absolute atomic E-state index is 0.0434. The second kappa shape index (κ2) is 7.79. The number of nitrogens with one attached hydrogen (secondary N) is 1. The first kappa shape index (κ1) is 17.0. The fourth-order valence-corrected chi connectivity index (χ4v) is 2.27. The predicted molar refractivity (Wildman–Crippen MR) is 88.3 cm³/mol. The van der Waals surface area contributed by atoms with Gasteiger partial charge in [-0.3, -0.25) is 4.79 Å². The number of amides is 1. The van der Waals surface area contributed by atoms with Gasteiger partial charge in [0.25, 0.3) is 5.91 Å². The van der Waals surface area contributed by atoms with Crippen molar-refractivity contribution in [1.29, 1.82) is 0 Å². The lowest BCUT2D eigenvalue weighted by atomic mass is 10.1. The molecule has 0 radical (unpaired) electrons. The van der Waals surface area contributed by atoms with Gasteiger partial charge in [-0.15, -0.1) is 0 Å². The van der Waals surface area contributed by atoms with E-state index in [1.807, 2.05) is 6.07 Å². The fraction of sp³-hybridized carbons (Fsp3) is 0.263. The van der Waals surface area contributed by atoms with Crippen molar-refractivity contribution in [3.8, 4) is 5.75 Å². The molecule has 0 unspecified atom stereocenters. The summed E-state index contributed by atoms with van der Waals surface area (Å²) in [5, 5.41) is 2.82. The Kier molecular flexibility index (Phi) is 5.28. The molecule has 1 aliphatic rings. The molecule has 0 saturated heterocycles. The lowest BCUT2D eigenvalue weighted by molar-refractivity contribution is -0.158. The molecule has 1 aliphatic carbocycles. The van der Waals surface area contributed by atoms with Crippen LogP contribution in [-0.4, -0.2) is 24.5 Å². The molecule has 0 heterocycles. The van der Waals surface area contributed by atoms with Crippen LogP contribution >= 0.6 is 0 Å². The molecule has 1 N–H and O–H groups in total. The van der Waals surface area contributed by atoms with E-state index in [1.54, 1.807) is 30.3 Å². The van der Waals surface area contributed by atoms with Gasteiger partial charge < -0.3 is 14.8 Å². The fourth-order valence-electron chi connectivity index (χ4n) is 2.27. The average molecular weight is 343 g/mol. The Morgan fingerprint density at radius 3 is 2.44 bits per heavy atom.